The second kappa shape index (κ2) is 9.89. The Kier molecular flexibility index (Phi) is 7.14. The number of carbonyl (C=O) groups excluding carboxylic acids is 1. The van der Waals surface area contributed by atoms with Crippen molar-refractivity contribution < 1.29 is 4.79 Å². The molecule has 1 amide bonds. The van der Waals surface area contributed by atoms with Crippen LogP contribution in [0.1, 0.15) is 32.9 Å². The summed E-state index contributed by atoms with van der Waals surface area (Å²) in [4.78, 5) is 12.7. The lowest BCUT2D eigenvalue weighted by Crippen LogP contribution is -2.13. The van der Waals surface area contributed by atoms with E-state index in [0.717, 1.165) is 27.0 Å². The Morgan fingerprint density at radius 3 is 2.24 bits per heavy atom. The van der Waals surface area contributed by atoms with Gasteiger partial charge in [-0.2, -0.15) is 10.2 Å². The van der Waals surface area contributed by atoms with Crippen molar-refractivity contribution in [1.82, 2.24) is 19.6 Å². The van der Waals surface area contributed by atoms with E-state index >= 15 is 0 Å². The number of carbonyl (C=O) groups is 1. The molecule has 0 aliphatic rings. The van der Waals surface area contributed by atoms with Gasteiger partial charge in [0.05, 0.1) is 29.0 Å². The zero-order valence-electron chi connectivity index (χ0n) is 17.7. The van der Waals surface area contributed by atoms with Gasteiger partial charge in [0.25, 0.3) is 5.91 Å². The topological polar surface area (TPSA) is 64.7 Å². The highest BCUT2D eigenvalue weighted by Crippen LogP contribution is 2.27. The van der Waals surface area contributed by atoms with Gasteiger partial charge in [0.2, 0.25) is 0 Å². The van der Waals surface area contributed by atoms with Gasteiger partial charge < -0.3 is 5.32 Å². The summed E-state index contributed by atoms with van der Waals surface area (Å²) < 4.78 is 4.51. The Morgan fingerprint density at radius 2 is 1.64 bits per heavy atom. The molecule has 0 saturated carbocycles. The molecule has 33 heavy (non-hydrogen) atoms. The first-order valence-corrected chi connectivity index (χ1v) is 11.9. The molecule has 0 atom stereocenters. The molecule has 0 fully saturated rings. The van der Waals surface area contributed by atoms with Crippen molar-refractivity contribution in [1.29, 1.82) is 0 Å². The Hall–Kier alpha value is -2.32. The lowest BCUT2D eigenvalue weighted by Gasteiger charge is -2.07. The van der Waals surface area contributed by atoms with E-state index in [0.29, 0.717) is 33.7 Å². The van der Waals surface area contributed by atoms with E-state index in [1.54, 1.807) is 41.2 Å². The predicted octanol–water partition coefficient (Wildman–Crippen LogP) is 6.77. The minimum Gasteiger partial charge on any atom is -0.304 e. The summed E-state index contributed by atoms with van der Waals surface area (Å²) in [6.45, 7) is 4.90. The van der Waals surface area contributed by atoms with Crippen molar-refractivity contribution in [3.05, 3.63) is 96.3 Å². The molecule has 0 bridgehead atoms. The summed E-state index contributed by atoms with van der Waals surface area (Å²) in [6, 6.07) is 12.6. The first kappa shape index (κ1) is 23.8. The van der Waals surface area contributed by atoms with Crippen LogP contribution >= 0.6 is 50.7 Å². The average Bonchev–Trinajstić information content (AvgIpc) is 3.24. The van der Waals surface area contributed by atoms with Crippen molar-refractivity contribution in [2.24, 2.45) is 0 Å². The van der Waals surface area contributed by atoms with Gasteiger partial charge in [-0.1, -0.05) is 53.0 Å². The van der Waals surface area contributed by atoms with E-state index in [-0.39, 0.29) is 11.7 Å². The second-order valence-corrected chi connectivity index (χ2v) is 9.53. The lowest BCUT2D eigenvalue weighted by atomic mass is 10.1. The van der Waals surface area contributed by atoms with Crippen LogP contribution in [0.15, 0.2) is 53.1 Å². The highest BCUT2D eigenvalue weighted by Gasteiger charge is 2.15. The molecule has 2 aromatic carbocycles. The largest absolute Gasteiger partial charge is 0.304 e. The van der Waals surface area contributed by atoms with E-state index in [1.165, 1.54) is 0 Å². The molecule has 0 aliphatic heterocycles. The molecule has 2 aromatic heterocycles. The van der Waals surface area contributed by atoms with Crippen LogP contribution < -0.4 is 5.32 Å². The molecule has 0 aliphatic carbocycles. The van der Waals surface area contributed by atoms with Gasteiger partial charge in [0.15, 0.2) is 5.82 Å². The Labute approximate surface area is 214 Å². The summed E-state index contributed by atoms with van der Waals surface area (Å²) in [5.74, 6) is -0.0419. The zero-order valence-corrected chi connectivity index (χ0v) is 21.6. The van der Waals surface area contributed by atoms with Gasteiger partial charge in [-0.15, -0.1) is 0 Å². The standard InChI is InChI=1S/C23H19BrCl3N5O/c1-13-21(24)14(2)32(29-13)10-15-6-8-16(9-7-15)23(33)28-22-20(27)12-31(30-22)11-17-18(25)4-3-5-19(17)26/h3-9,12H,10-11H2,1-2H3,(H,28,30,33). The number of aromatic nitrogens is 4. The van der Waals surface area contributed by atoms with E-state index in [2.05, 4.69) is 31.4 Å². The maximum Gasteiger partial charge on any atom is 0.256 e. The zero-order chi connectivity index (χ0) is 23.7. The third-order valence-electron chi connectivity index (χ3n) is 5.17. The fourth-order valence-corrected chi connectivity index (χ4v) is 4.35. The van der Waals surface area contributed by atoms with Crippen molar-refractivity contribution in [3.63, 3.8) is 0 Å². The molecular formula is C23H19BrCl3N5O. The van der Waals surface area contributed by atoms with Crippen LogP contribution in [0, 0.1) is 13.8 Å². The number of anilines is 1. The first-order chi connectivity index (χ1) is 15.7. The summed E-state index contributed by atoms with van der Waals surface area (Å²) >= 11 is 22.3. The normalized spacial score (nSPS) is 11.1. The number of amides is 1. The van der Waals surface area contributed by atoms with Gasteiger partial charge in [0, 0.05) is 27.4 Å². The van der Waals surface area contributed by atoms with Crippen LogP contribution in [0.5, 0.6) is 0 Å². The number of hydrogen-bond donors (Lipinski definition) is 1. The number of benzene rings is 2. The fraction of sp³-hybridized carbons (Fsp3) is 0.174. The van der Waals surface area contributed by atoms with Gasteiger partial charge >= 0.3 is 0 Å². The molecule has 0 unspecified atom stereocenters. The Bertz CT molecular complexity index is 1310. The summed E-state index contributed by atoms with van der Waals surface area (Å²) in [5, 5.41) is 13.0. The first-order valence-electron chi connectivity index (χ1n) is 9.98. The molecule has 2 heterocycles. The van der Waals surface area contributed by atoms with E-state index in [9.17, 15) is 4.79 Å². The smallest absolute Gasteiger partial charge is 0.256 e. The van der Waals surface area contributed by atoms with Gasteiger partial charge in [0.1, 0.15) is 5.02 Å². The number of halogens is 4. The van der Waals surface area contributed by atoms with Crippen LogP contribution in [0.25, 0.3) is 0 Å². The third kappa shape index (κ3) is 5.27. The number of hydrogen-bond acceptors (Lipinski definition) is 3. The van der Waals surface area contributed by atoms with Crippen molar-refractivity contribution in [2.75, 3.05) is 5.32 Å². The molecule has 0 radical (unpaired) electrons. The van der Waals surface area contributed by atoms with Gasteiger partial charge in [-0.25, -0.2) is 0 Å². The van der Waals surface area contributed by atoms with Crippen molar-refractivity contribution >= 4 is 62.5 Å². The molecule has 1 N–H and O–H groups in total. The van der Waals surface area contributed by atoms with Crippen LogP contribution in [-0.2, 0) is 13.1 Å². The van der Waals surface area contributed by atoms with E-state index in [4.69, 9.17) is 34.8 Å². The number of rotatable bonds is 6. The molecule has 0 saturated heterocycles. The molecule has 0 spiro atoms. The molecule has 10 heteroatoms. The Morgan fingerprint density at radius 1 is 0.970 bits per heavy atom. The quantitative estimate of drug-likeness (QED) is 0.280. The fourth-order valence-electron chi connectivity index (χ4n) is 3.35. The number of nitrogens with zero attached hydrogens (tertiary/aromatic N) is 4. The monoisotopic (exact) mass is 565 g/mol. The van der Waals surface area contributed by atoms with Crippen LogP contribution in [0.4, 0.5) is 5.82 Å². The minimum absolute atomic E-state index is 0.265. The molecule has 4 rings (SSSR count). The summed E-state index contributed by atoms with van der Waals surface area (Å²) in [5.41, 5.74) is 4.24. The summed E-state index contributed by atoms with van der Waals surface area (Å²) in [7, 11) is 0. The number of aryl methyl sites for hydroxylation is 1. The number of nitrogens with one attached hydrogen (secondary N) is 1. The van der Waals surface area contributed by atoms with Crippen LogP contribution in [0.3, 0.4) is 0 Å². The maximum absolute atomic E-state index is 12.7. The SMILES string of the molecule is Cc1nn(Cc2ccc(C(=O)Nc3nn(Cc4c(Cl)cccc4Cl)cc3Cl)cc2)c(C)c1Br. The van der Waals surface area contributed by atoms with Gasteiger partial charge in [-0.05, 0) is 59.6 Å². The maximum atomic E-state index is 12.7. The van der Waals surface area contributed by atoms with E-state index < -0.39 is 0 Å². The third-order valence-corrected chi connectivity index (χ3v) is 7.30. The molecule has 4 aromatic rings. The summed E-state index contributed by atoms with van der Waals surface area (Å²) in [6.07, 6.45) is 1.62. The lowest BCUT2D eigenvalue weighted by molar-refractivity contribution is 0.102. The van der Waals surface area contributed by atoms with Crippen LogP contribution in [0.2, 0.25) is 15.1 Å². The van der Waals surface area contributed by atoms with Crippen LogP contribution in [-0.4, -0.2) is 25.5 Å². The highest BCUT2D eigenvalue weighted by atomic mass is 79.9. The second-order valence-electron chi connectivity index (χ2n) is 7.52. The van der Waals surface area contributed by atoms with E-state index in [1.807, 2.05) is 30.7 Å². The minimum atomic E-state index is -0.307. The molecule has 6 nitrogen and oxygen atoms in total. The van der Waals surface area contributed by atoms with Crippen molar-refractivity contribution in [3.8, 4) is 0 Å². The Balaban J connectivity index is 1.44. The van der Waals surface area contributed by atoms with Gasteiger partial charge in [-0.3, -0.25) is 14.2 Å². The highest BCUT2D eigenvalue weighted by molar-refractivity contribution is 9.10. The van der Waals surface area contributed by atoms with Crippen molar-refractivity contribution in [2.45, 2.75) is 26.9 Å². The molecular weight excluding hydrogens is 549 g/mol. The average molecular weight is 568 g/mol. The predicted molar refractivity (Wildman–Crippen MR) is 136 cm³/mol. The molecule has 170 valence electrons.